The number of rotatable bonds is 5. The SMILES string of the molecule is CCOC(Oc1ccc(CC)cc1)C(C)(C)C. The molecule has 0 saturated heterocycles. The highest BCUT2D eigenvalue weighted by atomic mass is 16.7. The fourth-order valence-electron chi connectivity index (χ4n) is 1.54. The van der Waals surface area contributed by atoms with E-state index >= 15 is 0 Å². The van der Waals surface area contributed by atoms with E-state index < -0.39 is 0 Å². The van der Waals surface area contributed by atoms with Crippen LogP contribution in [-0.2, 0) is 11.2 Å². The maximum absolute atomic E-state index is 5.90. The number of hydrogen-bond acceptors (Lipinski definition) is 2. The molecule has 0 heterocycles. The van der Waals surface area contributed by atoms with Crippen molar-refractivity contribution in [2.24, 2.45) is 5.41 Å². The topological polar surface area (TPSA) is 18.5 Å². The average molecular weight is 236 g/mol. The van der Waals surface area contributed by atoms with Gasteiger partial charge in [0.15, 0.2) is 0 Å². The van der Waals surface area contributed by atoms with Crippen LogP contribution in [0.5, 0.6) is 5.75 Å². The second kappa shape index (κ2) is 6.06. The lowest BCUT2D eigenvalue weighted by molar-refractivity contribution is -0.137. The molecule has 1 aromatic rings. The number of ether oxygens (including phenoxy) is 2. The van der Waals surface area contributed by atoms with Gasteiger partial charge in [-0.15, -0.1) is 0 Å². The van der Waals surface area contributed by atoms with E-state index in [1.54, 1.807) is 0 Å². The van der Waals surface area contributed by atoms with E-state index in [9.17, 15) is 0 Å². The standard InChI is InChI=1S/C15H24O2/c1-6-12-8-10-13(11-9-12)17-14(16-7-2)15(3,4)5/h8-11,14H,6-7H2,1-5H3. The maximum Gasteiger partial charge on any atom is 0.204 e. The lowest BCUT2D eigenvalue weighted by atomic mass is 9.96. The Hall–Kier alpha value is -1.02. The van der Waals surface area contributed by atoms with Crippen LogP contribution in [0.25, 0.3) is 0 Å². The molecule has 1 unspecified atom stereocenters. The van der Waals surface area contributed by atoms with E-state index in [4.69, 9.17) is 9.47 Å². The van der Waals surface area contributed by atoms with Crippen LogP contribution in [0.4, 0.5) is 0 Å². The van der Waals surface area contributed by atoms with Crippen molar-refractivity contribution >= 4 is 0 Å². The maximum atomic E-state index is 5.90. The Morgan fingerprint density at radius 2 is 1.65 bits per heavy atom. The van der Waals surface area contributed by atoms with Gasteiger partial charge in [0.2, 0.25) is 6.29 Å². The van der Waals surface area contributed by atoms with Gasteiger partial charge in [-0.25, -0.2) is 0 Å². The van der Waals surface area contributed by atoms with Crippen molar-refractivity contribution < 1.29 is 9.47 Å². The molecule has 0 aliphatic rings. The first-order valence-corrected chi connectivity index (χ1v) is 6.34. The first-order valence-electron chi connectivity index (χ1n) is 6.34. The van der Waals surface area contributed by atoms with Crippen LogP contribution < -0.4 is 4.74 Å². The monoisotopic (exact) mass is 236 g/mol. The highest BCUT2D eigenvalue weighted by Gasteiger charge is 2.26. The second-order valence-electron chi connectivity index (χ2n) is 5.27. The predicted octanol–water partition coefficient (Wildman–Crippen LogP) is 4.04. The van der Waals surface area contributed by atoms with Crippen LogP contribution in [0.3, 0.4) is 0 Å². The molecule has 96 valence electrons. The molecule has 0 radical (unpaired) electrons. The predicted molar refractivity (Wildman–Crippen MR) is 71.3 cm³/mol. The molecule has 1 rings (SSSR count). The minimum Gasteiger partial charge on any atom is -0.464 e. The Bertz CT molecular complexity index is 322. The Kier molecular flexibility index (Phi) is 5.01. The van der Waals surface area contributed by atoms with Gasteiger partial charge in [-0.05, 0) is 31.0 Å². The van der Waals surface area contributed by atoms with E-state index in [0.717, 1.165) is 12.2 Å². The van der Waals surface area contributed by atoms with E-state index in [-0.39, 0.29) is 11.7 Å². The summed E-state index contributed by atoms with van der Waals surface area (Å²) in [5, 5.41) is 0. The Morgan fingerprint density at radius 3 is 2.06 bits per heavy atom. The van der Waals surface area contributed by atoms with Gasteiger partial charge in [-0.1, -0.05) is 39.8 Å². The van der Waals surface area contributed by atoms with E-state index in [2.05, 4.69) is 39.8 Å². The number of hydrogen-bond donors (Lipinski definition) is 0. The third kappa shape index (κ3) is 4.39. The van der Waals surface area contributed by atoms with Gasteiger partial charge >= 0.3 is 0 Å². The molecule has 0 spiro atoms. The summed E-state index contributed by atoms with van der Waals surface area (Å²) in [5.41, 5.74) is 1.29. The molecule has 0 N–H and O–H groups in total. The molecule has 0 aliphatic heterocycles. The van der Waals surface area contributed by atoms with Crippen LogP contribution in [-0.4, -0.2) is 12.9 Å². The molecule has 0 amide bonds. The third-order valence-electron chi connectivity index (χ3n) is 2.60. The number of aryl methyl sites for hydroxylation is 1. The van der Waals surface area contributed by atoms with Gasteiger partial charge in [0.05, 0.1) is 0 Å². The van der Waals surface area contributed by atoms with Crippen molar-refractivity contribution in [2.75, 3.05) is 6.61 Å². The summed E-state index contributed by atoms with van der Waals surface area (Å²) in [7, 11) is 0. The first kappa shape index (κ1) is 14.0. The lowest BCUT2D eigenvalue weighted by Gasteiger charge is -2.30. The minimum absolute atomic E-state index is 0.0283. The van der Waals surface area contributed by atoms with E-state index in [1.165, 1.54) is 5.56 Å². The molecule has 2 nitrogen and oxygen atoms in total. The zero-order valence-corrected chi connectivity index (χ0v) is 11.6. The second-order valence-corrected chi connectivity index (χ2v) is 5.27. The van der Waals surface area contributed by atoms with Crippen LogP contribution in [0.15, 0.2) is 24.3 Å². The van der Waals surface area contributed by atoms with Crippen molar-refractivity contribution in [3.05, 3.63) is 29.8 Å². The highest BCUT2D eigenvalue weighted by Crippen LogP contribution is 2.26. The van der Waals surface area contributed by atoms with Crippen molar-refractivity contribution in [1.82, 2.24) is 0 Å². The molecular formula is C15H24O2. The van der Waals surface area contributed by atoms with Crippen LogP contribution >= 0.6 is 0 Å². The van der Waals surface area contributed by atoms with Gasteiger partial charge < -0.3 is 9.47 Å². The van der Waals surface area contributed by atoms with Gasteiger partial charge in [-0.2, -0.15) is 0 Å². The van der Waals surface area contributed by atoms with Gasteiger partial charge in [0.25, 0.3) is 0 Å². The van der Waals surface area contributed by atoms with Gasteiger partial charge in [0.1, 0.15) is 5.75 Å². The molecule has 0 aromatic heterocycles. The van der Waals surface area contributed by atoms with Crippen LogP contribution in [0, 0.1) is 5.41 Å². The van der Waals surface area contributed by atoms with Gasteiger partial charge in [0, 0.05) is 12.0 Å². The molecule has 2 heteroatoms. The van der Waals surface area contributed by atoms with Crippen molar-refractivity contribution in [1.29, 1.82) is 0 Å². The Morgan fingerprint density at radius 1 is 1.06 bits per heavy atom. The largest absolute Gasteiger partial charge is 0.464 e. The minimum atomic E-state index is -0.208. The Labute approximate surface area is 105 Å². The number of benzene rings is 1. The molecule has 0 fully saturated rings. The molecule has 0 bridgehead atoms. The fraction of sp³-hybridized carbons (Fsp3) is 0.600. The molecule has 1 atom stereocenters. The summed E-state index contributed by atoms with van der Waals surface area (Å²) in [6.07, 6.45) is 0.842. The molecule has 17 heavy (non-hydrogen) atoms. The van der Waals surface area contributed by atoms with Gasteiger partial charge in [-0.3, -0.25) is 0 Å². The summed E-state index contributed by atoms with van der Waals surface area (Å²) in [5.74, 6) is 0.871. The summed E-state index contributed by atoms with van der Waals surface area (Å²) in [4.78, 5) is 0. The van der Waals surface area contributed by atoms with Crippen molar-refractivity contribution in [2.45, 2.75) is 47.3 Å². The first-order chi connectivity index (χ1) is 7.97. The smallest absolute Gasteiger partial charge is 0.204 e. The Balaban J connectivity index is 2.72. The molecule has 1 aromatic carbocycles. The third-order valence-corrected chi connectivity index (χ3v) is 2.60. The highest BCUT2D eigenvalue weighted by molar-refractivity contribution is 5.27. The van der Waals surface area contributed by atoms with Crippen molar-refractivity contribution in [3.63, 3.8) is 0 Å². The van der Waals surface area contributed by atoms with E-state index in [0.29, 0.717) is 6.61 Å². The normalized spacial score (nSPS) is 13.5. The molecule has 0 saturated carbocycles. The summed E-state index contributed by atoms with van der Waals surface area (Å²) < 4.78 is 11.5. The molecular weight excluding hydrogens is 212 g/mol. The average Bonchev–Trinajstić information content (AvgIpc) is 2.28. The zero-order chi connectivity index (χ0) is 12.9. The van der Waals surface area contributed by atoms with E-state index in [1.807, 2.05) is 19.1 Å². The molecule has 0 aliphatic carbocycles. The summed E-state index contributed by atoms with van der Waals surface area (Å²) in [6.45, 7) is 11.2. The fourth-order valence-corrected chi connectivity index (χ4v) is 1.54. The zero-order valence-electron chi connectivity index (χ0n) is 11.6. The van der Waals surface area contributed by atoms with Crippen LogP contribution in [0.1, 0.15) is 40.2 Å². The quantitative estimate of drug-likeness (QED) is 0.718. The van der Waals surface area contributed by atoms with Crippen molar-refractivity contribution in [3.8, 4) is 5.75 Å². The lowest BCUT2D eigenvalue weighted by Crippen LogP contribution is -2.34. The summed E-state index contributed by atoms with van der Waals surface area (Å²) in [6, 6.07) is 8.22. The van der Waals surface area contributed by atoms with Crippen LogP contribution in [0.2, 0.25) is 0 Å². The summed E-state index contributed by atoms with van der Waals surface area (Å²) >= 11 is 0.